The molecule has 0 unspecified atom stereocenters. The van der Waals surface area contributed by atoms with Crippen LogP contribution < -0.4 is 4.74 Å². The predicted molar refractivity (Wildman–Crippen MR) is 92.3 cm³/mol. The van der Waals surface area contributed by atoms with Gasteiger partial charge in [0.25, 0.3) is 0 Å². The Kier molecular flexibility index (Phi) is 5.79. The Morgan fingerprint density at radius 3 is 2.40 bits per heavy atom. The summed E-state index contributed by atoms with van der Waals surface area (Å²) in [6.45, 7) is 2.36. The Morgan fingerprint density at radius 1 is 1.15 bits per heavy atom. The highest BCUT2D eigenvalue weighted by Crippen LogP contribution is 2.32. The Hall–Kier alpha value is -0.220. The largest absolute Gasteiger partial charge is 0.488 e. The van der Waals surface area contributed by atoms with Gasteiger partial charge in [-0.15, -0.1) is 0 Å². The first-order valence-corrected chi connectivity index (χ1v) is 8.60. The molecule has 5 heteroatoms. The highest BCUT2D eigenvalue weighted by Gasteiger charge is 2.11. The Bertz CT molecular complexity index is 609. The lowest BCUT2D eigenvalue weighted by molar-refractivity contribution is 0.302. The summed E-state index contributed by atoms with van der Waals surface area (Å²) >= 11 is 19.3. The first-order chi connectivity index (χ1) is 9.52. The van der Waals surface area contributed by atoms with E-state index in [2.05, 4.69) is 31.9 Å². The van der Waals surface area contributed by atoms with Crippen molar-refractivity contribution in [3.05, 3.63) is 61.5 Å². The van der Waals surface area contributed by atoms with Crippen LogP contribution in [0.15, 0.2) is 34.8 Å². The van der Waals surface area contributed by atoms with Gasteiger partial charge < -0.3 is 4.74 Å². The molecule has 0 fully saturated rings. The number of hydrogen-bond donors (Lipinski definition) is 0. The normalized spacial score (nSPS) is 10.7. The van der Waals surface area contributed by atoms with Gasteiger partial charge in [-0.2, -0.15) is 0 Å². The van der Waals surface area contributed by atoms with E-state index in [-0.39, 0.29) is 0 Å². The fraction of sp³-hybridized carbons (Fsp3) is 0.200. The second-order valence-electron chi connectivity index (χ2n) is 4.33. The van der Waals surface area contributed by atoms with Crippen LogP contribution in [0.1, 0.15) is 16.7 Å². The van der Waals surface area contributed by atoms with Crippen molar-refractivity contribution in [3.63, 3.8) is 0 Å². The van der Waals surface area contributed by atoms with E-state index in [4.69, 9.17) is 27.9 Å². The molecule has 0 amide bonds. The van der Waals surface area contributed by atoms with Crippen molar-refractivity contribution >= 4 is 55.1 Å². The first-order valence-electron chi connectivity index (χ1n) is 5.93. The molecule has 0 heterocycles. The molecule has 0 atom stereocenters. The molecular weight excluding hydrogens is 427 g/mol. The molecule has 0 aromatic heterocycles. The highest BCUT2D eigenvalue weighted by molar-refractivity contribution is 9.10. The van der Waals surface area contributed by atoms with Crippen LogP contribution >= 0.6 is 55.1 Å². The molecule has 1 nitrogen and oxygen atoms in total. The quantitative estimate of drug-likeness (QED) is 0.492. The molecule has 2 rings (SSSR count). The van der Waals surface area contributed by atoms with Gasteiger partial charge in [0, 0.05) is 31.0 Å². The number of rotatable bonds is 4. The van der Waals surface area contributed by atoms with Gasteiger partial charge in [-0.3, -0.25) is 0 Å². The predicted octanol–water partition coefficient (Wildman–Crippen LogP) is 6.54. The van der Waals surface area contributed by atoms with Crippen molar-refractivity contribution in [3.8, 4) is 5.75 Å². The van der Waals surface area contributed by atoms with Gasteiger partial charge in [0.05, 0.1) is 0 Å². The van der Waals surface area contributed by atoms with E-state index < -0.39 is 0 Å². The molecule has 0 aliphatic carbocycles. The van der Waals surface area contributed by atoms with E-state index in [0.717, 1.165) is 32.2 Å². The molecule has 2 aromatic rings. The maximum Gasteiger partial charge on any atom is 0.126 e. The third kappa shape index (κ3) is 3.70. The van der Waals surface area contributed by atoms with Crippen LogP contribution in [-0.4, -0.2) is 0 Å². The van der Waals surface area contributed by atoms with Crippen LogP contribution in [0.4, 0.5) is 0 Å². The lowest BCUT2D eigenvalue weighted by Gasteiger charge is -2.15. The van der Waals surface area contributed by atoms with E-state index in [1.165, 1.54) is 0 Å². The van der Waals surface area contributed by atoms with Gasteiger partial charge in [0.2, 0.25) is 0 Å². The zero-order valence-electron chi connectivity index (χ0n) is 10.7. The van der Waals surface area contributed by atoms with Crippen molar-refractivity contribution in [2.24, 2.45) is 0 Å². The summed E-state index contributed by atoms with van der Waals surface area (Å²) in [6, 6.07) is 9.50. The summed E-state index contributed by atoms with van der Waals surface area (Å²) in [7, 11) is 0. The molecule has 0 radical (unpaired) electrons. The zero-order valence-corrected chi connectivity index (χ0v) is 15.4. The van der Waals surface area contributed by atoms with E-state index in [9.17, 15) is 0 Å². The van der Waals surface area contributed by atoms with Gasteiger partial charge in [-0.05, 0) is 36.8 Å². The molecule has 0 spiro atoms. The molecule has 0 N–H and O–H groups in total. The lowest BCUT2D eigenvalue weighted by atomic mass is 10.1. The summed E-state index contributed by atoms with van der Waals surface area (Å²) in [5.74, 6) is 0.862. The second-order valence-corrected chi connectivity index (χ2v) is 6.62. The van der Waals surface area contributed by atoms with E-state index in [1.54, 1.807) is 0 Å². The van der Waals surface area contributed by atoms with Crippen LogP contribution in [0.2, 0.25) is 10.0 Å². The molecule has 0 aliphatic heterocycles. The fourth-order valence-electron chi connectivity index (χ4n) is 1.92. The van der Waals surface area contributed by atoms with Gasteiger partial charge in [-0.1, -0.05) is 61.1 Å². The van der Waals surface area contributed by atoms with Crippen LogP contribution in [0.5, 0.6) is 5.75 Å². The summed E-state index contributed by atoms with van der Waals surface area (Å²) in [5, 5.41) is 1.96. The number of hydrogen-bond acceptors (Lipinski definition) is 1. The third-order valence-electron chi connectivity index (χ3n) is 2.88. The summed E-state index contributed by atoms with van der Waals surface area (Å²) in [6.07, 6.45) is 0. The minimum Gasteiger partial charge on any atom is -0.488 e. The van der Waals surface area contributed by atoms with Crippen molar-refractivity contribution < 1.29 is 4.74 Å². The molecule has 0 saturated carbocycles. The molecular formula is C15H12Br2Cl2O. The van der Waals surface area contributed by atoms with E-state index in [1.807, 2.05) is 37.3 Å². The lowest BCUT2D eigenvalue weighted by Crippen LogP contribution is -2.01. The minimum atomic E-state index is 0.348. The van der Waals surface area contributed by atoms with Crippen LogP contribution in [-0.2, 0) is 11.9 Å². The van der Waals surface area contributed by atoms with Crippen molar-refractivity contribution in [2.45, 2.75) is 18.9 Å². The summed E-state index contributed by atoms with van der Waals surface area (Å²) < 4.78 is 6.98. The maximum atomic E-state index is 6.15. The Balaban J connectivity index is 2.27. The zero-order chi connectivity index (χ0) is 14.7. The Morgan fingerprint density at radius 2 is 1.80 bits per heavy atom. The van der Waals surface area contributed by atoms with Gasteiger partial charge in [0.15, 0.2) is 0 Å². The molecule has 2 aromatic carbocycles. The molecule has 0 bridgehead atoms. The SMILES string of the molecule is Cc1cc(Br)cc(CBr)c1OCc1c(Cl)cccc1Cl. The number of halogens is 4. The topological polar surface area (TPSA) is 9.23 Å². The van der Waals surface area contributed by atoms with Gasteiger partial charge >= 0.3 is 0 Å². The smallest absolute Gasteiger partial charge is 0.126 e. The van der Waals surface area contributed by atoms with Gasteiger partial charge in [0.1, 0.15) is 12.4 Å². The first kappa shape index (κ1) is 16.2. The van der Waals surface area contributed by atoms with Crippen LogP contribution in [0.25, 0.3) is 0 Å². The van der Waals surface area contributed by atoms with Crippen molar-refractivity contribution in [1.29, 1.82) is 0 Å². The van der Waals surface area contributed by atoms with Crippen molar-refractivity contribution in [2.75, 3.05) is 0 Å². The second kappa shape index (κ2) is 7.17. The van der Waals surface area contributed by atoms with Crippen LogP contribution in [0, 0.1) is 6.92 Å². The molecule has 0 saturated heterocycles. The summed E-state index contributed by atoms with van der Waals surface area (Å²) in [5.41, 5.74) is 2.95. The monoisotopic (exact) mass is 436 g/mol. The molecule has 0 aliphatic rings. The highest BCUT2D eigenvalue weighted by atomic mass is 79.9. The third-order valence-corrected chi connectivity index (χ3v) is 4.65. The minimum absolute atomic E-state index is 0.348. The molecule has 20 heavy (non-hydrogen) atoms. The van der Waals surface area contributed by atoms with E-state index in [0.29, 0.717) is 16.7 Å². The maximum absolute atomic E-state index is 6.15. The number of ether oxygens (including phenoxy) is 1. The van der Waals surface area contributed by atoms with Crippen molar-refractivity contribution in [1.82, 2.24) is 0 Å². The summed E-state index contributed by atoms with van der Waals surface area (Å²) in [4.78, 5) is 0. The average Bonchev–Trinajstić information content (AvgIpc) is 2.39. The average molecular weight is 439 g/mol. The Labute approximate surface area is 145 Å². The fourth-order valence-corrected chi connectivity index (χ4v) is 3.46. The number of aryl methyl sites for hydroxylation is 1. The van der Waals surface area contributed by atoms with Gasteiger partial charge in [-0.25, -0.2) is 0 Å². The number of benzene rings is 2. The van der Waals surface area contributed by atoms with Crippen LogP contribution in [0.3, 0.4) is 0 Å². The van der Waals surface area contributed by atoms with E-state index >= 15 is 0 Å². The molecule has 106 valence electrons. The standard InChI is InChI=1S/C15H12Br2Cl2O/c1-9-5-11(17)6-10(7-16)15(9)20-8-12-13(18)3-2-4-14(12)19/h2-6H,7-8H2,1H3. The number of alkyl halides is 1.